The number of methoxy groups -OCH3 is 1. The Kier molecular flexibility index (Phi) is 5.16. The third-order valence-corrected chi connectivity index (χ3v) is 5.25. The van der Waals surface area contributed by atoms with Crippen LogP contribution in [0.5, 0.6) is 5.75 Å². The lowest BCUT2D eigenvalue weighted by atomic mass is 10.1. The van der Waals surface area contributed by atoms with Crippen LogP contribution in [0, 0.1) is 0 Å². The van der Waals surface area contributed by atoms with Gasteiger partial charge in [0.05, 0.1) is 12.6 Å². The summed E-state index contributed by atoms with van der Waals surface area (Å²) in [7, 11) is 1.59. The van der Waals surface area contributed by atoms with E-state index in [0.29, 0.717) is 48.6 Å². The van der Waals surface area contributed by atoms with Crippen LogP contribution in [0.15, 0.2) is 42.5 Å². The number of amides is 2. The van der Waals surface area contributed by atoms with Gasteiger partial charge in [0.25, 0.3) is 11.8 Å². The predicted octanol–water partition coefficient (Wildman–Crippen LogP) is 2.06. The van der Waals surface area contributed by atoms with Gasteiger partial charge in [-0.2, -0.15) is 0 Å². The molecule has 8 nitrogen and oxygen atoms in total. The number of carbonyl (C=O) groups excluding carboxylic acids is 2. The summed E-state index contributed by atoms with van der Waals surface area (Å²) in [6.45, 7) is 4.74. The molecule has 0 aliphatic carbocycles. The number of hydrogen-bond donors (Lipinski definition) is 0. The van der Waals surface area contributed by atoms with E-state index >= 15 is 0 Å². The molecule has 1 aromatic heterocycles. The Balaban J connectivity index is 1.41. The molecule has 1 saturated heterocycles. The van der Waals surface area contributed by atoms with Crippen molar-refractivity contribution in [3.63, 3.8) is 0 Å². The molecule has 0 saturated carbocycles. The third kappa shape index (κ3) is 3.65. The number of carbonyl (C=O) groups is 2. The van der Waals surface area contributed by atoms with Crippen LogP contribution in [0.4, 0.5) is 0 Å². The summed E-state index contributed by atoms with van der Waals surface area (Å²) in [6, 6.07) is 12.6. The van der Waals surface area contributed by atoms with E-state index in [1.165, 1.54) is 0 Å². The summed E-state index contributed by atoms with van der Waals surface area (Å²) in [6.07, 6.45) is 0. The van der Waals surface area contributed by atoms with Gasteiger partial charge in [-0.05, 0) is 49.4 Å². The Labute approximate surface area is 168 Å². The maximum atomic E-state index is 12.9. The highest BCUT2D eigenvalue weighted by atomic mass is 16.5. The molecule has 150 valence electrons. The highest BCUT2D eigenvalue weighted by Crippen LogP contribution is 2.18. The van der Waals surface area contributed by atoms with Gasteiger partial charge in [-0.15, -0.1) is 5.10 Å². The second-order valence-corrected chi connectivity index (χ2v) is 6.92. The number of nitrogens with zero attached hydrogens (tertiary/aromatic N) is 5. The molecule has 1 aliphatic rings. The number of piperazine rings is 1. The molecule has 0 atom stereocenters. The van der Waals surface area contributed by atoms with Crippen LogP contribution >= 0.6 is 0 Å². The molecular formula is C21H23N5O3. The number of hydrogen-bond acceptors (Lipinski definition) is 5. The molecule has 0 spiro atoms. The zero-order valence-electron chi connectivity index (χ0n) is 16.5. The van der Waals surface area contributed by atoms with Crippen LogP contribution < -0.4 is 4.74 Å². The molecule has 0 N–H and O–H groups in total. The van der Waals surface area contributed by atoms with Gasteiger partial charge in [0.1, 0.15) is 11.3 Å². The van der Waals surface area contributed by atoms with Gasteiger partial charge >= 0.3 is 0 Å². The topological polar surface area (TPSA) is 80.6 Å². The van der Waals surface area contributed by atoms with Crippen LogP contribution in [-0.4, -0.2) is 69.9 Å². The fraction of sp³-hybridized carbons (Fsp3) is 0.333. The van der Waals surface area contributed by atoms with Crippen LogP contribution in [0.1, 0.15) is 27.6 Å². The minimum atomic E-state index is -0.0468. The fourth-order valence-corrected chi connectivity index (χ4v) is 3.55. The van der Waals surface area contributed by atoms with Crippen molar-refractivity contribution in [2.75, 3.05) is 33.3 Å². The van der Waals surface area contributed by atoms with Crippen molar-refractivity contribution in [1.82, 2.24) is 24.8 Å². The number of benzene rings is 2. The van der Waals surface area contributed by atoms with Crippen molar-refractivity contribution in [1.29, 1.82) is 0 Å². The van der Waals surface area contributed by atoms with E-state index in [1.54, 1.807) is 51.9 Å². The van der Waals surface area contributed by atoms with Gasteiger partial charge in [-0.3, -0.25) is 9.59 Å². The van der Waals surface area contributed by atoms with Crippen molar-refractivity contribution in [3.05, 3.63) is 53.6 Å². The molecule has 8 heteroatoms. The monoisotopic (exact) mass is 393 g/mol. The van der Waals surface area contributed by atoms with E-state index in [-0.39, 0.29) is 11.8 Å². The normalized spacial score (nSPS) is 14.3. The number of ether oxygens (including phenoxy) is 1. The first kappa shape index (κ1) is 18.9. The Morgan fingerprint density at radius 3 is 2.10 bits per heavy atom. The number of rotatable bonds is 4. The lowest BCUT2D eigenvalue weighted by molar-refractivity contribution is 0.0535. The summed E-state index contributed by atoms with van der Waals surface area (Å²) in [5, 5.41) is 8.22. The van der Waals surface area contributed by atoms with Crippen molar-refractivity contribution in [2.24, 2.45) is 0 Å². The van der Waals surface area contributed by atoms with Gasteiger partial charge in [0.15, 0.2) is 0 Å². The van der Waals surface area contributed by atoms with E-state index in [2.05, 4.69) is 10.3 Å². The van der Waals surface area contributed by atoms with Gasteiger partial charge in [0.2, 0.25) is 0 Å². The van der Waals surface area contributed by atoms with E-state index in [4.69, 9.17) is 4.74 Å². The van der Waals surface area contributed by atoms with Crippen molar-refractivity contribution in [3.8, 4) is 5.75 Å². The first-order valence-corrected chi connectivity index (χ1v) is 9.66. The first-order valence-electron chi connectivity index (χ1n) is 9.66. The standard InChI is InChI=1S/C21H23N5O3/c1-3-26-19-9-6-16(14-18(19)22-23-26)21(28)25-12-10-24(11-13-25)20(27)15-4-7-17(29-2)8-5-15/h4-9,14H,3,10-13H2,1-2H3. The van der Waals surface area contributed by atoms with Crippen LogP contribution in [-0.2, 0) is 6.54 Å². The summed E-state index contributed by atoms with van der Waals surface area (Å²) in [4.78, 5) is 29.1. The minimum absolute atomic E-state index is 0.0302. The van der Waals surface area contributed by atoms with Crippen LogP contribution in [0.25, 0.3) is 11.0 Å². The molecule has 2 aromatic carbocycles. The van der Waals surface area contributed by atoms with Crippen molar-refractivity contribution >= 4 is 22.8 Å². The quantitative estimate of drug-likeness (QED) is 0.678. The zero-order valence-corrected chi connectivity index (χ0v) is 16.5. The van der Waals surface area contributed by atoms with Gasteiger partial charge in [0, 0.05) is 43.9 Å². The summed E-state index contributed by atoms with van der Waals surface area (Å²) in [5.41, 5.74) is 2.84. The number of fused-ring (bicyclic) bond motifs is 1. The van der Waals surface area contributed by atoms with E-state index < -0.39 is 0 Å². The molecule has 0 unspecified atom stereocenters. The summed E-state index contributed by atoms with van der Waals surface area (Å²) >= 11 is 0. The SMILES string of the molecule is CCn1nnc2cc(C(=O)N3CCN(C(=O)c4ccc(OC)cc4)CC3)ccc21. The Morgan fingerprint density at radius 1 is 0.931 bits per heavy atom. The zero-order chi connectivity index (χ0) is 20.4. The molecule has 0 bridgehead atoms. The molecule has 2 amide bonds. The second-order valence-electron chi connectivity index (χ2n) is 6.92. The maximum absolute atomic E-state index is 12.9. The van der Waals surface area contributed by atoms with Gasteiger partial charge in [-0.1, -0.05) is 5.21 Å². The summed E-state index contributed by atoms with van der Waals surface area (Å²) < 4.78 is 6.93. The Morgan fingerprint density at radius 2 is 1.52 bits per heavy atom. The molecule has 4 rings (SSSR count). The Bertz CT molecular complexity index is 1040. The van der Waals surface area contributed by atoms with E-state index in [0.717, 1.165) is 12.1 Å². The molecule has 3 aromatic rings. The minimum Gasteiger partial charge on any atom is -0.497 e. The van der Waals surface area contributed by atoms with E-state index in [9.17, 15) is 9.59 Å². The molecule has 29 heavy (non-hydrogen) atoms. The maximum Gasteiger partial charge on any atom is 0.254 e. The van der Waals surface area contributed by atoms with E-state index in [1.807, 2.05) is 19.1 Å². The smallest absolute Gasteiger partial charge is 0.254 e. The average Bonchev–Trinajstić information content (AvgIpc) is 3.20. The van der Waals surface area contributed by atoms with Crippen LogP contribution in [0.2, 0.25) is 0 Å². The molecule has 2 heterocycles. The van der Waals surface area contributed by atoms with Gasteiger partial charge < -0.3 is 14.5 Å². The highest BCUT2D eigenvalue weighted by Gasteiger charge is 2.26. The lowest BCUT2D eigenvalue weighted by Crippen LogP contribution is -2.50. The molecule has 0 radical (unpaired) electrons. The number of aromatic nitrogens is 3. The summed E-state index contributed by atoms with van der Waals surface area (Å²) in [5.74, 6) is 0.639. The largest absolute Gasteiger partial charge is 0.497 e. The number of aryl methyl sites for hydroxylation is 1. The predicted molar refractivity (Wildman–Crippen MR) is 108 cm³/mol. The van der Waals surface area contributed by atoms with Crippen LogP contribution in [0.3, 0.4) is 0 Å². The highest BCUT2D eigenvalue weighted by molar-refractivity contribution is 5.98. The first-order chi connectivity index (χ1) is 14.1. The third-order valence-electron chi connectivity index (χ3n) is 5.25. The fourth-order valence-electron chi connectivity index (χ4n) is 3.55. The second kappa shape index (κ2) is 7.90. The Hall–Kier alpha value is -3.42. The molecule has 1 fully saturated rings. The molecular weight excluding hydrogens is 370 g/mol. The lowest BCUT2D eigenvalue weighted by Gasteiger charge is -2.34. The average molecular weight is 393 g/mol. The van der Waals surface area contributed by atoms with Gasteiger partial charge in [-0.25, -0.2) is 4.68 Å². The van der Waals surface area contributed by atoms with Crippen molar-refractivity contribution in [2.45, 2.75) is 13.5 Å². The molecule has 1 aliphatic heterocycles. The van der Waals surface area contributed by atoms with Crippen molar-refractivity contribution < 1.29 is 14.3 Å².